The molecule has 1 unspecified atom stereocenters. The highest BCUT2D eigenvalue weighted by atomic mass is 16.6. The van der Waals surface area contributed by atoms with Gasteiger partial charge in [-0.1, -0.05) is 36.4 Å². The summed E-state index contributed by atoms with van der Waals surface area (Å²) in [7, 11) is 0. The summed E-state index contributed by atoms with van der Waals surface area (Å²) in [5.74, 6) is -0.821. The largest absolute Gasteiger partial charge is 0.464 e. The number of nitrogens with zero attached hydrogens (tertiary/aromatic N) is 2. The van der Waals surface area contributed by atoms with Crippen LogP contribution in [0.25, 0.3) is 0 Å². The lowest BCUT2D eigenvalue weighted by Crippen LogP contribution is -2.66. The number of hydrazine groups is 1. The zero-order valence-corrected chi connectivity index (χ0v) is 15.7. The molecule has 0 radical (unpaired) electrons. The van der Waals surface area contributed by atoms with Crippen LogP contribution in [0.15, 0.2) is 42.6 Å². The van der Waals surface area contributed by atoms with Gasteiger partial charge in [0.2, 0.25) is 5.91 Å². The monoisotopic (exact) mass is 375 g/mol. The van der Waals surface area contributed by atoms with Gasteiger partial charge in [-0.3, -0.25) is 4.79 Å². The number of primary amides is 1. The smallest absolute Gasteiger partial charge is 0.433 e. The van der Waals surface area contributed by atoms with E-state index in [1.165, 1.54) is 6.20 Å². The molecule has 2 rings (SSSR count). The average Bonchev–Trinajstić information content (AvgIpc) is 2.58. The van der Waals surface area contributed by atoms with E-state index in [4.69, 9.17) is 10.5 Å². The van der Waals surface area contributed by atoms with Gasteiger partial charge in [-0.25, -0.2) is 9.59 Å². The number of carbonyl (C=O) groups excluding carboxylic acids is 2. The molecule has 27 heavy (non-hydrogen) atoms. The Bertz CT molecular complexity index is 741. The van der Waals surface area contributed by atoms with Crippen molar-refractivity contribution in [1.29, 1.82) is 0 Å². The molecule has 1 aliphatic heterocycles. The van der Waals surface area contributed by atoms with Gasteiger partial charge in [-0.05, 0) is 39.2 Å². The Balaban J connectivity index is 2.37. The maximum Gasteiger partial charge on any atom is 0.433 e. The summed E-state index contributed by atoms with van der Waals surface area (Å²) < 4.78 is 5.27. The van der Waals surface area contributed by atoms with E-state index in [0.29, 0.717) is 11.4 Å². The summed E-state index contributed by atoms with van der Waals surface area (Å²) >= 11 is 0. The molecule has 1 atom stereocenters. The Labute approximate surface area is 158 Å². The molecule has 3 N–H and O–H groups in total. The number of benzene rings is 1. The van der Waals surface area contributed by atoms with Crippen molar-refractivity contribution in [2.45, 2.75) is 51.2 Å². The molecule has 1 aromatic rings. The van der Waals surface area contributed by atoms with Crippen LogP contribution in [0.3, 0.4) is 0 Å². The molecule has 0 fully saturated rings. The molecule has 0 saturated carbocycles. The van der Waals surface area contributed by atoms with Crippen LogP contribution >= 0.6 is 0 Å². The van der Waals surface area contributed by atoms with Crippen LogP contribution in [0.5, 0.6) is 0 Å². The first-order valence-electron chi connectivity index (χ1n) is 8.62. The number of carboxylic acid groups (broad SMARTS) is 1. The lowest BCUT2D eigenvalue weighted by atomic mass is 9.85. The van der Waals surface area contributed by atoms with E-state index in [-0.39, 0.29) is 12.8 Å². The van der Waals surface area contributed by atoms with Crippen LogP contribution in [0.2, 0.25) is 0 Å². The minimum absolute atomic E-state index is 0.0702. The molecule has 1 heterocycles. The Kier molecular flexibility index (Phi) is 5.78. The number of amides is 3. The van der Waals surface area contributed by atoms with Gasteiger partial charge in [-0.15, -0.1) is 0 Å². The maximum atomic E-state index is 12.5. The Morgan fingerprint density at radius 3 is 2.37 bits per heavy atom. The number of ether oxygens (including phenoxy) is 1. The predicted octanol–water partition coefficient (Wildman–Crippen LogP) is 2.89. The third kappa shape index (κ3) is 4.58. The summed E-state index contributed by atoms with van der Waals surface area (Å²) in [6.07, 6.45) is 1.10. The highest BCUT2D eigenvalue weighted by Gasteiger charge is 2.51. The van der Waals surface area contributed by atoms with Crippen molar-refractivity contribution in [2.24, 2.45) is 5.73 Å². The van der Waals surface area contributed by atoms with Crippen molar-refractivity contribution in [3.63, 3.8) is 0 Å². The van der Waals surface area contributed by atoms with Crippen LogP contribution in [-0.2, 0) is 16.0 Å². The molecule has 8 heteroatoms. The second-order valence-electron chi connectivity index (χ2n) is 7.39. The molecule has 1 aliphatic rings. The summed E-state index contributed by atoms with van der Waals surface area (Å²) in [4.78, 5) is 36.9. The van der Waals surface area contributed by atoms with Gasteiger partial charge < -0.3 is 15.6 Å². The van der Waals surface area contributed by atoms with Gasteiger partial charge in [0.1, 0.15) is 11.1 Å². The van der Waals surface area contributed by atoms with E-state index in [2.05, 4.69) is 0 Å². The summed E-state index contributed by atoms with van der Waals surface area (Å²) in [6, 6.07) is 9.34. The van der Waals surface area contributed by atoms with Crippen LogP contribution < -0.4 is 5.73 Å². The first-order valence-corrected chi connectivity index (χ1v) is 8.62. The summed E-state index contributed by atoms with van der Waals surface area (Å²) in [5.41, 5.74) is 4.14. The lowest BCUT2D eigenvalue weighted by molar-refractivity contribution is -0.140. The van der Waals surface area contributed by atoms with Crippen molar-refractivity contribution in [1.82, 2.24) is 10.0 Å². The van der Waals surface area contributed by atoms with Crippen molar-refractivity contribution in [3.05, 3.63) is 48.2 Å². The van der Waals surface area contributed by atoms with E-state index in [1.54, 1.807) is 26.8 Å². The Hall–Kier alpha value is -3.03. The van der Waals surface area contributed by atoms with E-state index < -0.39 is 29.2 Å². The van der Waals surface area contributed by atoms with E-state index in [1.807, 2.05) is 30.3 Å². The maximum absolute atomic E-state index is 12.5. The summed E-state index contributed by atoms with van der Waals surface area (Å²) in [6.45, 7) is 5.00. The van der Waals surface area contributed by atoms with E-state index in [9.17, 15) is 19.5 Å². The molecule has 0 aliphatic carbocycles. The molecule has 8 nitrogen and oxygen atoms in total. The Morgan fingerprint density at radius 1 is 1.22 bits per heavy atom. The zero-order valence-electron chi connectivity index (χ0n) is 15.7. The van der Waals surface area contributed by atoms with Crippen LogP contribution in [0.4, 0.5) is 9.59 Å². The third-order valence-corrected chi connectivity index (χ3v) is 4.21. The lowest BCUT2D eigenvalue weighted by Gasteiger charge is -2.46. The average molecular weight is 375 g/mol. The molecule has 1 aromatic carbocycles. The van der Waals surface area contributed by atoms with Gasteiger partial charge in [0.15, 0.2) is 0 Å². The molecular weight excluding hydrogens is 350 g/mol. The minimum atomic E-state index is -1.59. The third-order valence-electron chi connectivity index (χ3n) is 4.21. The van der Waals surface area contributed by atoms with Crippen molar-refractivity contribution < 1.29 is 24.2 Å². The van der Waals surface area contributed by atoms with E-state index in [0.717, 1.165) is 10.6 Å². The first-order chi connectivity index (χ1) is 12.6. The number of hydrogen-bond acceptors (Lipinski definition) is 4. The minimum Gasteiger partial charge on any atom is -0.464 e. The summed E-state index contributed by atoms with van der Waals surface area (Å²) in [5, 5.41) is 11.3. The normalized spacial score (nSPS) is 19.7. The van der Waals surface area contributed by atoms with Gasteiger partial charge in [0.25, 0.3) is 0 Å². The fourth-order valence-corrected chi connectivity index (χ4v) is 2.97. The fraction of sp³-hybridized carbons (Fsp3) is 0.421. The molecule has 0 spiro atoms. The highest BCUT2D eigenvalue weighted by Crippen LogP contribution is 2.33. The molecule has 146 valence electrons. The van der Waals surface area contributed by atoms with Gasteiger partial charge >= 0.3 is 12.2 Å². The molecule has 3 amide bonds. The standard InChI is InChI=1S/C19H25N3O5/c1-18(2,3)27-17(26)21-13-7-11-19(15(20)23,22(21)16(24)25)12-10-14-8-5-4-6-9-14/h4-9,13H,10-12H2,1-3H3,(H2,20,23)(H,24,25). The molecule has 0 bridgehead atoms. The molecule has 0 aromatic heterocycles. The second-order valence-corrected chi connectivity index (χ2v) is 7.39. The number of aryl methyl sites for hydroxylation is 1. The number of rotatable bonds is 4. The van der Waals surface area contributed by atoms with Crippen molar-refractivity contribution in [3.8, 4) is 0 Å². The van der Waals surface area contributed by atoms with Crippen LogP contribution in [0.1, 0.15) is 39.2 Å². The second kappa shape index (κ2) is 7.69. The van der Waals surface area contributed by atoms with Crippen molar-refractivity contribution in [2.75, 3.05) is 0 Å². The van der Waals surface area contributed by atoms with Gasteiger partial charge in [0.05, 0.1) is 0 Å². The van der Waals surface area contributed by atoms with Gasteiger partial charge in [-0.2, -0.15) is 10.0 Å². The number of carbonyl (C=O) groups is 3. The first kappa shape index (κ1) is 20.3. The topological polar surface area (TPSA) is 113 Å². The van der Waals surface area contributed by atoms with Crippen molar-refractivity contribution >= 4 is 18.1 Å². The quantitative estimate of drug-likeness (QED) is 0.840. The Morgan fingerprint density at radius 2 is 1.85 bits per heavy atom. The van der Waals surface area contributed by atoms with Crippen LogP contribution in [0, 0.1) is 0 Å². The molecular formula is C19H25N3O5. The van der Waals surface area contributed by atoms with Gasteiger partial charge in [0, 0.05) is 12.6 Å². The SMILES string of the molecule is CC(C)(C)OC(=O)N1C=CCC(CCc2ccccc2)(C(N)=O)N1C(=O)O. The van der Waals surface area contributed by atoms with E-state index >= 15 is 0 Å². The van der Waals surface area contributed by atoms with Crippen LogP contribution in [-0.4, -0.2) is 44.4 Å². The molecule has 0 saturated heterocycles. The fourth-order valence-electron chi connectivity index (χ4n) is 2.97. The zero-order chi connectivity index (χ0) is 20.2. The highest BCUT2D eigenvalue weighted by molar-refractivity contribution is 5.90. The number of nitrogens with two attached hydrogens (primary N) is 1. The number of hydrogen-bond donors (Lipinski definition) is 2. The predicted molar refractivity (Wildman–Crippen MR) is 98.4 cm³/mol.